The summed E-state index contributed by atoms with van der Waals surface area (Å²) in [5.74, 6) is 1.36. The molecule has 5 heteroatoms. The van der Waals surface area contributed by atoms with Crippen LogP contribution in [0.4, 0.5) is 5.69 Å². The summed E-state index contributed by atoms with van der Waals surface area (Å²) < 4.78 is 11.2. The van der Waals surface area contributed by atoms with Crippen molar-refractivity contribution in [1.29, 1.82) is 0 Å². The van der Waals surface area contributed by atoms with Gasteiger partial charge in [0.15, 0.2) is 5.76 Å². The topological polar surface area (TPSA) is 47.3 Å². The van der Waals surface area contributed by atoms with Crippen molar-refractivity contribution >= 4 is 21.6 Å². The number of rotatable bonds is 4. The number of ether oxygens (including phenoxy) is 1. The average Bonchev–Trinajstić information content (AvgIpc) is 3.08. The second-order valence-electron chi connectivity index (χ2n) is 4.65. The third kappa shape index (κ3) is 3.16. The first-order valence-electron chi connectivity index (χ1n) is 6.34. The predicted molar refractivity (Wildman–Crippen MR) is 76.1 cm³/mol. The zero-order valence-corrected chi connectivity index (χ0v) is 12.0. The van der Waals surface area contributed by atoms with Gasteiger partial charge in [-0.3, -0.25) is 0 Å². The Morgan fingerprint density at radius 1 is 1.32 bits per heavy atom. The molecule has 0 spiro atoms. The van der Waals surface area contributed by atoms with E-state index in [9.17, 15) is 0 Å². The van der Waals surface area contributed by atoms with Crippen LogP contribution in [0.3, 0.4) is 0 Å². The van der Waals surface area contributed by atoms with Crippen LogP contribution in [-0.2, 0) is 11.3 Å². The molecular formula is C14H15BrN2O2. The minimum absolute atomic E-state index is 0.555. The Morgan fingerprint density at radius 3 is 2.79 bits per heavy atom. The first-order valence-corrected chi connectivity index (χ1v) is 7.13. The SMILES string of the molecule is Brc1cc(CNc2ccc(C3CCOC3)cc2)on1. The van der Waals surface area contributed by atoms with E-state index in [1.807, 2.05) is 6.07 Å². The molecule has 19 heavy (non-hydrogen) atoms. The average molecular weight is 323 g/mol. The van der Waals surface area contributed by atoms with Crippen LogP contribution in [0.15, 0.2) is 39.5 Å². The van der Waals surface area contributed by atoms with E-state index in [0.29, 0.717) is 12.5 Å². The smallest absolute Gasteiger partial charge is 0.156 e. The van der Waals surface area contributed by atoms with Crippen LogP contribution in [0.25, 0.3) is 0 Å². The van der Waals surface area contributed by atoms with E-state index in [2.05, 4.69) is 50.7 Å². The van der Waals surface area contributed by atoms with E-state index in [4.69, 9.17) is 9.26 Å². The predicted octanol–water partition coefficient (Wildman–Crippen LogP) is 3.55. The van der Waals surface area contributed by atoms with Crippen molar-refractivity contribution in [1.82, 2.24) is 5.16 Å². The Labute approximate surface area is 120 Å². The van der Waals surface area contributed by atoms with E-state index in [0.717, 1.165) is 35.7 Å². The number of hydrogen-bond acceptors (Lipinski definition) is 4. The molecule has 0 amide bonds. The van der Waals surface area contributed by atoms with Crippen LogP contribution in [0.1, 0.15) is 23.7 Å². The summed E-state index contributed by atoms with van der Waals surface area (Å²) in [6.07, 6.45) is 1.12. The molecule has 1 fully saturated rings. The first-order chi connectivity index (χ1) is 9.31. The fourth-order valence-electron chi connectivity index (χ4n) is 2.23. The van der Waals surface area contributed by atoms with Gasteiger partial charge in [0.2, 0.25) is 0 Å². The largest absolute Gasteiger partial charge is 0.381 e. The molecule has 1 aromatic carbocycles. The van der Waals surface area contributed by atoms with Gasteiger partial charge in [-0.15, -0.1) is 0 Å². The molecule has 1 N–H and O–H groups in total. The second-order valence-corrected chi connectivity index (χ2v) is 5.46. The fourth-order valence-corrected chi connectivity index (χ4v) is 2.56. The van der Waals surface area contributed by atoms with Crippen molar-refractivity contribution in [3.8, 4) is 0 Å². The minimum Gasteiger partial charge on any atom is -0.381 e. The van der Waals surface area contributed by atoms with Gasteiger partial charge in [0.1, 0.15) is 4.60 Å². The third-order valence-electron chi connectivity index (χ3n) is 3.31. The van der Waals surface area contributed by atoms with Crippen molar-refractivity contribution < 1.29 is 9.26 Å². The Hall–Kier alpha value is -1.33. The van der Waals surface area contributed by atoms with Crippen LogP contribution >= 0.6 is 15.9 Å². The van der Waals surface area contributed by atoms with Crippen LogP contribution in [-0.4, -0.2) is 18.4 Å². The molecule has 1 aromatic heterocycles. The summed E-state index contributed by atoms with van der Waals surface area (Å²) >= 11 is 3.26. The molecule has 1 aliphatic rings. The van der Waals surface area contributed by atoms with Crippen molar-refractivity contribution in [2.24, 2.45) is 0 Å². The fraction of sp³-hybridized carbons (Fsp3) is 0.357. The number of halogens is 1. The molecule has 1 aliphatic heterocycles. The van der Waals surface area contributed by atoms with Crippen molar-refractivity contribution in [2.45, 2.75) is 18.9 Å². The highest BCUT2D eigenvalue weighted by Crippen LogP contribution is 2.26. The van der Waals surface area contributed by atoms with Gasteiger partial charge in [-0.05, 0) is 40.0 Å². The van der Waals surface area contributed by atoms with Crippen molar-refractivity contribution in [2.75, 3.05) is 18.5 Å². The lowest BCUT2D eigenvalue weighted by Gasteiger charge is -2.09. The van der Waals surface area contributed by atoms with Gasteiger partial charge in [-0.25, -0.2) is 0 Å². The Morgan fingerprint density at radius 2 is 2.16 bits per heavy atom. The summed E-state index contributed by atoms with van der Waals surface area (Å²) in [4.78, 5) is 0. The Balaban J connectivity index is 1.59. The normalized spacial score (nSPS) is 18.7. The molecule has 2 heterocycles. The van der Waals surface area contributed by atoms with E-state index < -0.39 is 0 Å². The molecular weight excluding hydrogens is 308 g/mol. The van der Waals surface area contributed by atoms with Gasteiger partial charge in [-0.2, -0.15) is 0 Å². The number of nitrogens with one attached hydrogen (secondary N) is 1. The molecule has 0 aliphatic carbocycles. The molecule has 0 radical (unpaired) electrons. The zero-order valence-electron chi connectivity index (χ0n) is 10.4. The zero-order chi connectivity index (χ0) is 13.1. The molecule has 2 aromatic rings. The van der Waals surface area contributed by atoms with E-state index in [1.54, 1.807) is 0 Å². The van der Waals surface area contributed by atoms with Gasteiger partial charge in [0, 0.05) is 24.3 Å². The van der Waals surface area contributed by atoms with E-state index >= 15 is 0 Å². The second kappa shape index (κ2) is 5.75. The maximum absolute atomic E-state index is 5.41. The maximum Gasteiger partial charge on any atom is 0.156 e. The van der Waals surface area contributed by atoms with Crippen LogP contribution in [0.2, 0.25) is 0 Å². The van der Waals surface area contributed by atoms with Crippen molar-refractivity contribution in [3.05, 3.63) is 46.3 Å². The summed E-state index contributed by atoms with van der Waals surface area (Å²) in [7, 11) is 0. The molecule has 4 nitrogen and oxygen atoms in total. The van der Waals surface area contributed by atoms with Gasteiger partial charge in [-0.1, -0.05) is 17.3 Å². The monoisotopic (exact) mass is 322 g/mol. The molecule has 100 valence electrons. The lowest BCUT2D eigenvalue weighted by Crippen LogP contribution is -2.00. The number of nitrogens with zero attached hydrogens (tertiary/aromatic N) is 1. The number of anilines is 1. The van der Waals surface area contributed by atoms with Gasteiger partial charge >= 0.3 is 0 Å². The standard InChI is InChI=1S/C14H15BrN2O2/c15-14-7-13(19-17-14)8-16-12-3-1-10(2-4-12)11-5-6-18-9-11/h1-4,7,11,16H,5-6,8-9H2. The Kier molecular flexibility index (Phi) is 3.84. The Bertz CT molecular complexity index is 533. The molecule has 3 rings (SSSR count). The van der Waals surface area contributed by atoms with Crippen LogP contribution in [0, 0.1) is 0 Å². The molecule has 0 saturated carbocycles. The highest BCUT2D eigenvalue weighted by Gasteiger charge is 2.17. The van der Waals surface area contributed by atoms with Gasteiger partial charge in [0.05, 0.1) is 13.2 Å². The maximum atomic E-state index is 5.41. The molecule has 0 bridgehead atoms. The lowest BCUT2D eigenvalue weighted by molar-refractivity contribution is 0.194. The number of aromatic nitrogens is 1. The van der Waals surface area contributed by atoms with Crippen molar-refractivity contribution in [3.63, 3.8) is 0 Å². The summed E-state index contributed by atoms with van der Waals surface area (Å²) in [5, 5.41) is 7.09. The third-order valence-corrected chi connectivity index (χ3v) is 3.68. The first kappa shape index (κ1) is 12.7. The minimum atomic E-state index is 0.555. The summed E-state index contributed by atoms with van der Waals surface area (Å²) in [6, 6.07) is 10.4. The number of benzene rings is 1. The molecule has 1 unspecified atom stereocenters. The lowest BCUT2D eigenvalue weighted by atomic mass is 9.98. The van der Waals surface area contributed by atoms with Crippen LogP contribution in [0.5, 0.6) is 0 Å². The molecule has 1 atom stereocenters. The number of hydrogen-bond donors (Lipinski definition) is 1. The van der Waals surface area contributed by atoms with Crippen LogP contribution < -0.4 is 5.32 Å². The highest BCUT2D eigenvalue weighted by atomic mass is 79.9. The summed E-state index contributed by atoms with van der Waals surface area (Å²) in [6.45, 7) is 2.36. The van der Waals surface area contributed by atoms with E-state index in [-0.39, 0.29) is 0 Å². The summed E-state index contributed by atoms with van der Waals surface area (Å²) in [5.41, 5.74) is 2.43. The quantitative estimate of drug-likeness (QED) is 0.935. The van der Waals surface area contributed by atoms with Gasteiger partial charge < -0.3 is 14.6 Å². The van der Waals surface area contributed by atoms with E-state index in [1.165, 1.54) is 5.56 Å². The highest BCUT2D eigenvalue weighted by molar-refractivity contribution is 9.10. The molecule has 1 saturated heterocycles. The van der Waals surface area contributed by atoms with Gasteiger partial charge in [0.25, 0.3) is 0 Å².